The van der Waals surface area contributed by atoms with Crippen LogP contribution in [0.15, 0.2) is 0 Å². The average Bonchev–Trinajstić information content (AvgIpc) is 2.32. The fourth-order valence-electron chi connectivity index (χ4n) is 1.64. The normalized spacial score (nSPS) is 11.1. The molecule has 0 amide bonds. The van der Waals surface area contributed by atoms with Gasteiger partial charge in [0.05, 0.1) is 11.3 Å². The number of nitrogens with two attached hydrogens (primary N) is 1. The first-order valence-corrected chi connectivity index (χ1v) is 6.83. The minimum atomic E-state index is 0.357. The van der Waals surface area contributed by atoms with E-state index in [1.165, 1.54) is 0 Å². The van der Waals surface area contributed by atoms with Gasteiger partial charge in [-0.15, -0.1) is 5.10 Å². The van der Waals surface area contributed by atoms with E-state index >= 15 is 0 Å². The van der Waals surface area contributed by atoms with Crippen molar-refractivity contribution in [3.8, 4) is 0 Å². The number of hydrogen-bond acceptors (Lipinski definition) is 5. The van der Waals surface area contributed by atoms with E-state index in [0.29, 0.717) is 16.8 Å². The summed E-state index contributed by atoms with van der Waals surface area (Å²) in [7, 11) is 2.09. The van der Waals surface area contributed by atoms with Gasteiger partial charge >= 0.3 is 0 Å². The lowest BCUT2D eigenvalue weighted by Crippen LogP contribution is -2.31. The van der Waals surface area contributed by atoms with E-state index in [9.17, 15) is 0 Å². The molecule has 0 unspecified atom stereocenters. The minimum Gasteiger partial charge on any atom is -0.389 e. The lowest BCUT2D eigenvalue weighted by molar-refractivity contribution is 0.284. The van der Waals surface area contributed by atoms with Crippen molar-refractivity contribution in [3.63, 3.8) is 0 Å². The molecule has 0 aromatic carbocycles. The summed E-state index contributed by atoms with van der Waals surface area (Å²) in [6, 6.07) is 0.516. The molecule has 0 aliphatic heterocycles. The third kappa shape index (κ3) is 4.11. The second kappa shape index (κ2) is 6.77. The Morgan fingerprint density at radius 2 is 2.00 bits per heavy atom. The third-order valence-corrected chi connectivity index (χ3v) is 3.54. The molecule has 5 nitrogen and oxygen atoms in total. The van der Waals surface area contributed by atoms with Crippen LogP contribution in [0.3, 0.4) is 0 Å². The fraction of sp³-hybridized carbons (Fsp3) is 0.615. The van der Waals surface area contributed by atoms with Gasteiger partial charge in [0.1, 0.15) is 4.99 Å². The maximum atomic E-state index is 5.78. The molecule has 0 saturated carbocycles. The Hall–Kier alpha value is -1.27. The smallest absolute Gasteiger partial charge is 0.159 e. The maximum Gasteiger partial charge on any atom is 0.159 e. The van der Waals surface area contributed by atoms with E-state index in [4.69, 9.17) is 18.0 Å². The molecular weight excluding hydrogens is 258 g/mol. The van der Waals surface area contributed by atoms with Crippen LogP contribution in [0.4, 0.5) is 5.82 Å². The van der Waals surface area contributed by atoms with E-state index in [1.54, 1.807) is 0 Å². The number of nitrogens with one attached hydrogen (secondary N) is 1. The molecule has 0 radical (unpaired) electrons. The van der Waals surface area contributed by atoms with Crippen molar-refractivity contribution in [1.82, 2.24) is 15.1 Å². The summed E-state index contributed by atoms with van der Waals surface area (Å²) in [5.41, 5.74) is 8.42. The number of likely N-dealkylation sites (N-methyl/N-ethyl adjacent to an activating group) is 1. The Kier molecular flexibility index (Phi) is 5.62. The molecule has 1 heterocycles. The lowest BCUT2D eigenvalue weighted by atomic mass is 10.1. The molecule has 1 rings (SSSR count). The SMILES string of the molecule is Cc1nnc(NCCN(C)C(C)C)c(C(N)=S)c1C. The zero-order valence-electron chi connectivity index (χ0n) is 12.3. The molecule has 3 N–H and O–H groups in total. The summed E-state index contributed by atoms with van der Waals surface area (Å²) in [6.45, 7) is 9.89. The predicted molar refractivity (Wildman–Crippen MR) is 83.6 cm³/mol. The molecule has 1 aromatic heterocycles. The van der Waals surface area contributed by atoms with E-state index in [2.05, 4.69) is 41.3 Å². The lowest BCUT2D eigenvalue weighted by Gasteiger charge is -2.21. The molecule has 0 atom stereocenters. The second-order valence-electron chi connectivity index (χ2n) is 5.00. The highest BCUT2D eigenvalue weighted by Gasteiger charge is 2.13. The summed E-state index contributed by atoms with van der Waals surface area (Å²) >= 11 is 5.10. The van der Waals surface area contributed by atoms with Crippen LogP contribution in [0.25, 0.3) is 0 Å². The van der Waals surface area contributed by atoms with Gasteiger partial charge in [-0.25, -0.2) is 0 Å². The fourth-order valence-corrected chi connectivity index (χ4v) is 1.89. The number of anilines is 1. The summed E-state index contributed by atoms with van der Waals surface area (Å²) in [5, 5.41) is 11.5. The molecule has 0 aliphatic rings. The molecular formula is C13H23N5S. The number of hydrogen-bond donors (Lipinski definition) is 2. The van der Waals surface area contributed by atoms with Crippen LogP contribution < -0.4 is 11.1 Å². The van der Waals surface area contributed by atoms with Gasteiger partial charge in [0.25, 0.3) is 0 Å². The van der Waals surface area contributed by atoms with Crippen molar-refractivity contribution in [2.75, 3.05) is 25.5 Å². The highest BCUT2D eigenvalue weighted by atomic mass is 32.1. The van der Waals surface area contributed by atoms with Crippen molar-refractivity contribution in [3.05, 3.63) is 16.8 Å². The zero-order chi connectivity index (χ0) is 14.6. The van der Waals surface area contributed by atoms with E-state index in [0.717, 1.165) is 29.9 Å². The molecule has 106 valence electrons. The van der Waals surface area contributed by atoms with Crippen LogP contribution in [0.1, 0.15) is 30.7 Å². The molecule has 1 aromatic rings. The Morgan fingerprint density at radius 3 is 2.53 bits per heavy atom. The van der Waals surface area contributed by atoms with Gasteiger partial charge in [0, 0.05) is 19.1 Å². The van der Waals surface area contributed by atoms with Gasteiger partial charge in [-0.05, 0) is 40.3 Å². The molecule has 0 bridgehead atoms. The Labute approximate surface area is 120 Å². The number of rotatable bonds is 6. The minimum absolute atomic E-state index is 0.357. The number of thiocarbonyl (C=S) groups is 1. The first kappa shape index (κ1) is 15.8. The molecule has 0 spiro atoms. The van der Waals surface area contributed by atoms with Crippen molar-refractivity contribution < 1.29 is 0 Å². The second-order valence-corrected chi connectivity index (χ2v) is 5.44. The Balaban J connectivity index is 2.79. The molecule has 0 fully saturated rings. The topological polar surface area (TPSA) is 67.1 Å². The summed E-state index contributed by atoms with van der Waals surface area (Å²) in [4.78, 5) is 2.61. The van der Waals surface area contributed by atoms with Crippen molar-refractivity contribution in [2.24, 2.45) is 5.73 Å². The van der Waals surface area contributed by atoms with Gasteiger partial charge in [-0.3, -0.25) is 0 Å². The zero-order valence-corrected chi connectivity index (χ0v) is 13.1. The van der Waals surface area contributed by atoms with Crippen molar-refractivity contribution in [1.29, 1.82) is 0 Å². The first-order valence-electron chi connectivity index (χ1n) is 6.42. The summed E-state index contributed by atoms with van der Waals surface area (Å²) in [6.07, 6.45) is 0. The molecule has 19 heavy (non-hydrogen) atoms. The van der Waals surface area contributed by atoms with Gasteiger partial charge in [-0.2, -0.15) is 5.10 Å². The summed E-state index contributed by atoms with van der Waals surface area (Å²) in [5.74, 6) is 0.674. The van der Waals surface area contributed by atoms with Crippen molar-refractivity contribution >= 4 is 23.0 Å². The van der Waals surface area contributed by atoms with Crippen LogP contribution in [-0.2, 0) is 0 Å². The number of aromatic nitrogens is 2. The van der Waals surface area contributed by atoms with Crippen LogP contribution in [0.2, 0.25) is 0 Å². The average molecular weight is 281 g/mol. The van der Waals surface area contributed by atoms with Crippen LogP contribution in [0.5, 0.6) is 0 Å². The molecule has 6 heteroatoms. The van der Waals surface area contributed by atoms with Gasteiger partial charge < -0.3 is 16.0 Å². The Bertz CT molecular complexity index is 459. The summed E-state index contributed by atoms with van der Waals surface area (Å²) < 4.78 is 0. The molecule has 0 saturated heterocycles. The molecule has 0 aliphatic carbocycles. The predicted octanol–water partition coefficient (Wildman–Crippen LogP) is 1.48. The third-order valence-electron chi connectivity index (χ3n) is 3.34. The van der Waals surface area contributed by atoms with Crippen molar-refractivity contribution in [2.45, 2.75) is 33.7 Å². The monoisotopic (exact) mass is 281 g/mol. The largest absolute Gasteiger partial charge is 0.389 e. The highest BCUT2D eigenvalue weighted by molar-refractivity contribution is 7.80. The van der Waals surface area contributed by atoms with Gasteiger partial charge in [0.15, 0.2) is 5.82 Å². The van der Waals surface area contributed by atoms with Crippen LogP contribution in [0, 0.1) is 13.8 Å². The quantitative estimate of drug-likeness (QED) is 0.770. The van der Waals surface area contributed by atoms with E-state index in [-0.39, 0.29) is 0 Å². The van der Waals surface area contributed by atoms with Crippen LogP contribution in [-0.4, -0.2) is 46.3 Å². The van der Waals surface area contributed by atoms with E-state index < -0.39 is 0 Å². The van der Waals surface area contributed by atoms with Gasteiger partial charge in [-0.1, -0.05) is 12.2 Å². The maximum absolute atomic E-state index is 5.78. The van der Waals surface area contributed by atoms with Gasteiger partial charge in [0.2, 0.25) is 0 Å². The highest BCUT2D eigenvalue weighted by Crippen LogP contribution is 2.17. The van der Waals surface area contributed by atoms with Crippen LogP contribution >= 0.6 is 12.2 Å². The number of nitrogens with zero attached hydrogens (tertiary/aromatic N) is 3. The Morgan fingerprint density at radius 1 is 1.37 bits per heavy atom. The first-order chi connectivity index (χ1) is 8.84. The van der Waals surface area contributed by atoms with E-state index in [1.807, 2.05) is 13.8 Å². The standard InChI is InChI=1S/C13H23N5S/c1-8(2)18(5)7-6-15-13-11(12(14)19)9(3)10(4)16-17-13/h8H,6-7H2,1-5H3,(H2,14,19)(H,15,17). The number of aryl methyl sites for hydroxylation is 1.